The third-order valence-corrected chi connectivity index (χ3v) is 3.10. The van der Waals surface area contributed by atoms with Gasteiger partial charge in [0, 0.05) is 19.6 Å². The highest BCUT2D eigenvalue weighted by Gasteiger charge is 2.13. The third kappa shape index (κ3) is 4.65. The van der Waals surface area contributed by atoms with Crippen LogP contribution in [0.25, 0.3) is 0 Å². The fourth-order valence-corrected chi connectivity index (χ4v) is 1.99. The van der Waals surface area contributed by atoms with E-state index in [0.29, 0.717) is 11.6 Å². The number of nitrogens with zero attached hydrogens (tertiary/aromatic N) is 3. The third-order valence-electron chi connectivity index (χ3n) is 3.10. The van der Waals surface area contributed by atoms with Crippen LogP contribution >= 0.6 is 0 Å². The molecule has 7 heteroatoms. The summed E-state index contributed by atoms with van der Waals surface area (Å²) in [6.07, 6.45) is 0. The highest BCUT2D eigenvalue weighted by molar-refractivity contribution is 5.54. The number of pyridine rings is 1. The minimum Gasteiger partial charge on any atom is -0.373 e. The van der Waals surface area contributed by atoms with Crippen LogP contribution in [-0.2, 0) is 0 Å². The van der Waals surface area contributed by atoms with E-state index in [4.69, 9.17) is 0 Å². The van der Waals surface area contributed by atoms with Crippen LogP contribution in [0.3, 0.4) is 0 Å². The molecule has 112 valence electrons. The Balaban J connectivity index is 2.80. The molecule has 0 radical (unpaired) electrons. The number of anilines is 2. The highest BCUT2D eigenvalue weighted by Crippen LogP contribution is 2.20. The zero-order valence-corrected chi connectivity index (χ0v) is 12.5. The Bertz CT molecular complexity index is 448. The predicted molar refractivity (Wildman–Crippen MR) is 81.3 cm³/mol. The SMILES string of the molecule is CCN(CC)CC(C)Nc1cc([N+](=O)[O-])cc(NC)n1. The van der Waals surface area contributed by atoms with Gasteiger partial charge in [-0.25, -0.2) is 4.98 Å². The number of nitro groups is 1. The molecule has 0 aliphatic heterocycles. The number of hydrogen-bond acceptors (Lipinski definition) is 6. The number of nitrogens with one attached hydrogen (secondary N) is 2. The molecule has 0 aliphatic carbocycles. The topological polar surface area (TPSA) is 83.3 Å². The second-order valence-corrected chi connectivity index (χ2v) is 4.63. The van der Waals surface area contributed by atoms with Crippen molar-refractivity contribution >= 4 is 17.3 Å². The quantitative estimate of drug-likeness (QED) is 0.561. The summed E-state index contributed by atoms with van der Waals surface area (Å²) in [6, 6.07) is 3.04. The first-order chi connectivity index (χ1) is 9.49. The first kappa shape index (κ1) is 16.2. The molecule has 0 aromatic carbocycles. The summed E-state index contributed by atoms with van der Waals surface area (Å²) in [6.45, 7) is 9.09. The van der Waals surface area contributed by atoms with Gasteiger partial charge in [0.2, 0.25) is 0 Å². The largest absolute Gasteiger partial charge is 0.373 e. The second kappa shape index (κ2) is 7.64. The molecule has 0 amide bonds. The van der Waals surface area contributed by atoms with Gasteiger partial charge in [0.25, 0.3) is 5.69 Å². The van der Waals surface area contributed by atoms with Crippen molar-refractivity contribution in [3.05, 3.63) is 22.2 Å². The average Bonchev–Trinajstić information content (AvgIpc) is 2.44. The Morgan fingerprint density at radius 1 is 1.35 bits per heavy atom. The molecule has 0 saturated carbocycles. The molecule has 1 rings (SSSR count). The zero-order valence-electron chi connectivity index (χ0n) is 12.5. The van der Waals surface area contributed by atoms with Gasteiger partial charge < -0.3 is 15.5 Å². The number of rotatable bonds is 8. The molecule has 1 heterocycles. The van der Waals surface area contributed by atoms with Crippen LogP contribution in [0, 0.1) is 10.1 Å². The molecular weight excluding hydrogens is 258 g/mol. The van der Waals surface area contributed by atoms with E-state index in [2.05, 4.69) is 34.4 Å². The molecule has 0 bridgehead atoms. The monoisotopic (exact) mass is 281 g/mol. The van der Waals surface area contributed by atoms with Crippen LogP contribution in [-0.4, -0.2) is 47.5 Å². The molecule has 1 atom stereocenters. The maximum absolute atomic E-state index is 10.9. The van der Waals surface area contributed by atoms with Gasteiger partial charge in [0.1, 0.15) is 11.6 Å². The van der Waals surface area contributed by atoms with Crippen LogP contribution in [0.2, 0.25) is 0 Å². The second-order valence-electron chi connectivity index (χ2n) is 4.63. The van der Waals surface area contributed by atoms with E-state index in [1.54, 1.807) is 7.05 Å². The van der Waals surface area contributed by atoms with Gasteiger partial charge >= 0.3 is 0 Å². The van der Waals surface area contributed by atoms with E-state index in [9.17, 15) is 10.1 Å². The van der Waals surface area contributed by atoms with Gasteiger partial charge in [0.15, 0.2) is 0 Å². The minimum absolute atomic E-state index is 0.0295. The van der Waals surface area contributed by atoms with E-state index in [1.165, 1.54) is 12.1 Å². The lowest BCUT2D eigenvalue weighted by atomic mass is 10.3. The van der Waals surface area contributed by atoms with Gasteiger partial charge in [-0.05, 0) is 20.0 Å². The maximum atomic E-state index is 10.9. The Morgan fingerprint density at radius 2 is 1.95 bits per heavy atom. The van der Waals surface area contributed by atoms with E-state index >= 15 is 0 Å². The molecule has 0 aliphatic rings. The Kier molecular flexibility index (Phi) is 6.17. The molecule has 2 N–H and O–H groups in total. The molecule has 0 saturated heterocycles. The summed E-state index contributed by atoms with van der Waals surface area (Å²) in [7, 11) is 1.69. The van der Waals surface area contributed by atoms with Crippen molar-refractivity contribution in [1.29, 1.82) is 0 Å². The van der Waals surface area contributed by atoms with Crippen molar-refractivity contribution in [2.75, 3.05) is 37.3 Å². The zero-order chi connectivity index (χ0) is 15.1. The van der Waals surface area contributed by atoms with Crippen molar-refractivity contribution in [3.8, 4) is 0 Å². The van der Waals surface area contributed by atoms with Crippen molar-refractivity contribution < 1.29 is 4.92 Å². The summed E-state index contributed by atoms with van der Waals surface area (Å²) >= 11 is 0. The normalized spacial score (nSPS) is 12.2. The fraction of sp³-hybridized carbons (Fsp3) is 0.615. The first-order valence-corrected chi connectivity index (χ1v) is 6.83. The van der Waals surface area contributed by atoms with E-state index < -0.39 is 4.92 Å². The lowest BCUT2D eigenvalue weighted by Gasteiger charge is -2.23. The smallest absolute Gasteiger partial charge is 0.276 e. The van der Waals surface area contributed by atoms with Gasteiger partial charge in [-0.3, -0.25) is 10.1 Å². The predicted octanol–water partition coefficient (Wildman–Crippen LogP) is 2.17. The number of aromatic nitrogens is 1. The van der Waals surface area contributed by atoms with E-state index in [0.717, 1.165) is 19.6 Å². The van der Waals surface area contributed by atoms with Crippen LogP contribution < -0.4 is 10.6 Å². The summed E-state index contributed by atoms with van der Waals surface area (Å²) in [4.78, 5) is 17.1. The Hall–Kier alpha value is -1.89. The van der Waals surface area contributed by atoms with Gasteiger partial charge in [-0.15, -0.1) is 0 Å². The minimum atomic E-state index is -0.414. The molecule has 20 heavy (non-hydrogen) atoms. The van der Waals surface area contributed by atoms with Crippen LogP contribution in [0.15, 0.2) is 12.1 Å². The Labute approximate surface area is 119 Å². The van der Waals surface area contributed by atoms with Crippen molar-refractivity contribution in [1.82, 2.24) is 9.88 Å². The van der Waals surface area contributed by atoms with E-state index in [1.807, 2.05) is 6.92 Å². The lowest BCUT2D eigenvalue weighted by molar-refractivity contribution is -0.384. The lowest BCUT2D eigenvalue weighted by Crippen LogP contribution is -2.34. The first-order valence-electron chi connectivity index (χ1n) is 6.83. The van der Waals surface area contributed by atoms with Crippen LogP contribution in [0.5, 0.6) is 0 Å². The summed E-state index contributed by atoms with van der Waals surface area (Å²) in [5.74, 6) is 1.000. The van der Waals surface area contributed by atoms with Crippen molar-refractivity contribution in [3.63, 3.8) is 0 Å². The summed E-state index contributed by atoms with van der Waals surface area (Å²) in [5.41, 5.74) is 0.0295. The molecule has 0 spiro atoms. The summed E-state index contributed by atoms with van der Waals surface area (Å²) in [5, 5.41) is 16.9. The fourth-order valence-electron chi connectivity index (χ4n) is 1.99. The molecule has 1 aromatic rings. The number of likely N-dealkylation sites (N-methyl/N-ethyl adjacent to an activating group) is 1. The molecule has 1 aromatic heterocycles. The van der Waals surface area contributed by atoms with Gasteiger partial charge in [-0.1, -0.05) is 13.8 Å². The van der Waals surface area contributed by atoms with Gasteiger partial charge in [0.05, 0.1) is 17.1 Å². The molecular formula is C13H23N5O2. The average molecular weight is 281 g/mol. The molecule has 1 unspecified atom stereocenters. The standard InChI is InChI=1S/C13H23N5O2/c1-5-17(6-2)9-10(3)15-13-8-11(18(19)20)7-12(14-4)16-13/h7-8,10H,5-6,9H2,1-4H3,(H2,14,15,16). The van der Waals surface area contributed by atoms with Crippen LogP contribution in [0.1, 0.15) is 20.8 Å². The van der Waals surface area contributed by atoms with Crippen LogP contribution in [0.4, 0.5) is 17.3 Å². The Morgan fingerprint density at radius 3 is 2.45 bits per heavy atom. The van der Waals surface area contributed by atoms with Gasteiger partial charge in [-0.2, -0.15) is 0 Å². The molecule has 0 fully saturated rings. The van der Waals surface area contributed by atoms with Crippen molar-refractivity contribution in [2.45, 2.75) is 26.8 Å². The summed E-state index contributed by atoms with van der Waals surface area (Å²) < 4.78 is 0. The maximum Gasteiger partial charge on any atom is 0.276 e. The van der Waals surface area contributed by atoms with Crippen molar-refractivity contribution in [2.24, 2.45) is 0 Å². The highest BCUT2D eigenvalue weighted by atomic mass is 16.6. The van der Waals surface area contributed by atoms with E-state index in [-0.39, 0.29) is 11.7 Å². The number of hydrogen-bond donors (Lipinski definition) is 2. The molecule has 7 nitrogen and oxygen atoms in total.